The van der Waals surface area contributed by atoms with E-state index in [9.17, 15) is 22.8 Å². The fourth-order valence-corrected chi connectivity index (χ4v) is 3.53. The number of ether oxygens (including phenoxy) is 1. The molecule has 0 spiro atoms. The Morgan fingerprint density at radius 2 is 1.92 bits per heavy atom. The highest BCUT2D eigenvalue weighted by Crippen LogP contribution is 2.32. The summed E-state index contributed by atoms with van der Waals surface area (Å²) in [6.45, 7) is 1.69. The molecule has 1 aromatic carbocycles. The Labute approximate surface area is 148 Å². The summed E-state index contributed by atoms with van der Waals surface area (Å²) in [5.74, 6) is 0.749. The largest absolute Gasteiger partial charge is 0.431 e. The van der Waals surface area contributed by atoms with Crippen LogP contribution in [0.15, 0.2) is 41.0 Å². The average Bonchev–Trinajstić information content (AvgIpc) is 2.54. The predicted octanol–water partition coefficient (Wildman–Crippen LogP) is 5.00. The number of alkyl halides is 3. The van der Waals surface area contributed by atoms with Gasteiger partial charge in [-0.1, -0.05) is 6.92 Å². The molecule has 0 bridgehead atoms. The summed E-state index contributed by atoms with van der Waals surface area (Å²) >= 11 is 1.45. The summed E-state index contributed by atoms with van der Waals surface area (Å²) in [6, 6.07) is 5.04. The fraction of sp³-hybridized carbons (Fsp3) is 0.444. The van der Waals surface area contributed by atoms with E-state index >= 15 is 0 Å². The van der Waals surface area contributed by atoms with E-state index in [4.69, 9.17) is 4.74 Å². The number of rotatable bonds is 6. The van der Waals surface area contributed by atoms with Gasteiger partial charge in [0, 0.05) is 30.2 Å². The van der Waals surface area contributed by atoms with Crippen molar-refractivity contribution in [1.82, 2.24) is 0 Å². The number of hydrogen-bond acceptors (Lipinski definition) is 4. The summed E-state index contributed by atoms with van der Waals surface area (Å²) in [7, 11) is 0. The van der Waals surface area contributed by atoms with Crippen molar-refractivity contribution in [3.05, 3.63) is 41.7 Å². The minimum Gasteiger partial charge on any atom is -0.431 e. The summed E-state index contributed by atoms with van der Waals surface area (Å²) in [5, 5.41) is 0. The molecule has 136 valence electrons. The highest BCUT2D eigenvalue weighted by atomic mass is 32.2. The van der Waals surface area contributed by atoms with Gasteiger partial charge in [-0.3, -0.25) is 9.59 Å². The number of benzene rings is 1. The van der Waals surface area contributed by atoms with Gasteiger partial charge in [-0.2, -0.15) is 13.2 Å². The fourth-order valence-electron chi connectivity index (χ4n) is 2.52. The number of esters is 1. The second-order valence-electron chi connectivity index (χ2n) is 5.84. The molecule has 0 aromatic heterocycles. The maximum absolute atomic E-state index is 12.5. The van der Waals surface area contributed by atoms with Gasteiger partial charge >= 0.3 is 12.1 Å². The first-order valence-electron chi connectivity index (χ1n) is 8.02. The van der Waals surface area contributed by atoms with Crippen molar-refractivity contribution in [2.24, 2.45) is 5.92 Å². The van der Waals surface area contributed by atoms with Gasteiger partial charge in [0.2, 0.25) is 0 Å². The van der Waals surface area contributed by atoms with Crippen molar-refractivity contribution in [3.8, 4) is 0 Å². The number of carbonyl (C=O) groups is 2. The van der Waals surface area contributed by atoms with Crippen molar-refractivity contribution in [1.29, 1.82) is 0 Å². The van der Waals surface area contributed by atoms with Gasteiger partial charge in [0.05, 0.1) is 5.56 Å². The van der Waals surface area contributed by atoms with Crippen LogP contribution in [0.2, 0.25) is 0 Å². The lowest BCUT2D eigenvalue weighted by Gasteiger charge is -2.21. The first-order valence-corrected chi connectivity index (χ1v) is 9.00. The number of carbonyl (C=O) groups excluding carboxylic acids is 2. The Kier molecular flexibility index (Phi) is 6.70. The van der Waals surface area contributed by atoms with Crippen LogP contribution < -0.4 is 0 Å². The third kappa shape index (κ3) is 6.23. The van der Waals surface area contributed by atoms with Gasteiger partial charge < -0.3 is 4.74 Å². The zero-order valence-electron chi connectivity index (χ0n) is 13.8. The lowest BCUT2D eigenvalue weighted by Crippen LogP contribution is -2.17. The average molecular weight is 372 g/mol. The second-order valence-corrected chi connectivity index (χ2v) is 7.01. The number of halogens is 3. The smallest absolute Gasteiger partial charge is 0.416 e. The topological polar surface area (TPSA) is 43.4 Å². The molecule has 7 heteroatoms. The molecule has 0 fully saturated rings. The van der Waals surface area contributed by atoms with Crippen LogP contribution in [0.5, 0.6) is 0 Å². The van der Waals surface area contributed by atoms with E-state index in [-0.39, 0.29) is 24.1 Å². The Balaban J connectivity index is 1.82. The highest BCUT2D eigenvalue weighted by molar-refractivity contribution is 7.99. The lowest BCUT2D eigenvalue weighted by atomic mass is 9.90. The molecule has 2 rings (SSSR count). The first-order chi connectivity index (χ1) is 11.8. The zero-order valence-corrected chi connectivity index (χ0v) is 14.6. The molecule has 0 amide bonds. The van der Waals surface area contributed by atoms with E-state index < -0.39 is 11.7 Å². The van der Waals surface area contributed by atoms with Crippen molar-refractivity contribution >= 4 is 23.5 Å². The van der Waals surface area contributed by atoms with E-state index in [0.29, 0.717) is 24.4 Å². The van der Waals surface area contributed by atoms with Gasteiger partial charge in [-0.05, 0) is 42.4 Å². The maximum Gasteiger partial charge on any atom is 0.416 e. The van der Waals surface area contributed by atoms with E-state index in [1.165, 1.54) is 30.0 Å². The third-order valence-electron chi connectivity index (χ3n) is 3.81. The van der Waals surface area contributed by atoms with Crippen molar-refractivity contribution in [2.75, 3.05) is 5.75 Å². The summed E-state index contributed by atoms with van der Waals surface area (Å²) in [5.41, 5.74) is -0.665. The van der Waals surface area contributed by atoms with Gasteiger partial charge in [0.15, 0.2) is 5.78 Å². The predicted molar refractivity (Wildman–Crippen MR) is 89.0 cm³/mol. The zero-order chi connectivity index (χ0) is 18.4. The van der Waals surface area contributed by atoms with E-state index in [2.05, 4.69) is 0 Å². The molecule has 0 aliphatic heterocycles. The van der Waals surface area contributed by atoms with Crippen LogP contribution in [-0.2, 0) is 20.5 Å². The lowest BCUT2D eigenvalue weighted by molar-refractivity contribution is -0.140. The quantitative estimate of drug-likeness (QED) is 0.520. The SMILES string of the molecule is CCC(=O)OC1=CC(=O)CC(CCSc2ccc(C(F)(F)F)cc2)C1. The number of ketones is 1. The van der Waals surface area contributed by atoms with Crippen LogP contribution in [0.25, 0.3) is 0 Å². The molecule has 0 saturated carbocycles. The van der Waals surface area contributed by atoms with Crippen LogP contribution in [0.4, 0.5) is 13.2 Å². The number of hydrogen-bond donors (Lipinski definition) is 0. The summed E-state index contributed by atoms with van der Waals surface area (Å²) < 4.78 is 42.7. The maximum atomic E-state index is 12.5. The molecule has 1 unspecified atom stereocenters. The van der Waals surface area contributed by atoms with Crippen molar-refractivity contribution in [2.45, 2.75) is 43.7 Å². The summed E-state index contributed by atoms with van der Waals surface area (Å²) in [4.78, 5) is 23.8. The molecule has 1 atom stereocenters. The molecule has 0 N–H and O–H groups in total. The first kappa shape index (κ1) is 19.6. The monoisotopic (exact) mass is 372 g/mol. The minimum atomic E-state index is -4.33. The Morgan fingerprint density at radius 1 is 1.24 bits per heavy atom. The normalized spacial score (nSPS) is 18.0. The molecule has 0 saturated heterocycles. The number of thioether (sulfide) groups is 1. The molecular formula is C18H19F3O3S. The number of allylic oxidation sites excluding steroid dienone is 2. The van der Waals surface area contributed by atoms with Crippen LogP contribution in [-0.4, -0.2) is 17.5 Å². The van der Waals surface area contributed by atoms with Crippen molar-refractivity contribution < 1.29 is 27.5 Å². The molecule has 1 aliphatic carbocycles. The molecule has 0 heterocycles. The highest BCUT2D eigenvalue weighted by Gasteiger charge is 2.30. The van der Waals surface area contributed by atoms with Gasteiger partial charge in [-0.25, -0.2) is 0 Å². The molecular weight excluding hydrogens is 353 g/mol. The molecule has 0 radical (unpaired) electrons. The minimum absolute atomic E-state index is 0.0605. The van der Waals surface area contributed by atoms with Gasteiger partial charge in [-0.15, -0.1) is 11.8 Å². The molecule has 3 nitrogen and oxygen atoms in total. The summed E-state index contributed by atoms with van der Waals surface area (Å²) in [6.07, 6.45) is -1.04. The van der Waals surface area contributed by atoms with Gasteiger partial charge in [0.1, 0.15) is 5.76 Å². The third-order valence-corrected chi connectivity index (χ3v) is 4.86. The Bertz CT molecular complexity index is 651. The standard InChI is InChI=1S/C18H19F3O3S/c1-2-17(23)24-15-10-12(9-14(22)11-15)7-8-25-16-5-3-13(4-6-16)18(19,20)21/h3-6,11-12H,2,7-10H2,1H3. The van der Waals surface area contributed by atoms with E-state index in [1.807, 2.05) is 0 Å². The van der Waals surface area contributed by atoms with E-state index in [0.717, 1.165) is 23.4 Å². The van der Waals surface area contributed by atoms with E-state index in [1.54, 1.807) is 6.92 Å². The Hall–Kier alpha value is -1.76. The van der Waals surface area contributed by atoms with Crippen LogP contribution >= 0.6 is 11.8 Å². The second kappa shape index (κ2) is 8.56. The molecule has 25 heavy (non-hydrogen) atoms. The van der Waals surface area contributed by atoms with Gasteiger partial charge in [0.25, 0.3) is 0 Å². The van der Waals surface area contributed by atoms with Crippen molar-refractivity contribution in [3.63, 3.8) is 0 Å². The van der Waals surface area contributed by atoms with Crippen LogP contribution in [0.3, 0.4) is 0 Å². The van der Waals surface area contributed by atoms with Crippen LogP contribution in [0.1, 0.15) is 38.2 Å². The molecule has 1 aromatic rings. The molecule has 1 aliphatic rings. The van der Waals surface area contributed by atoms with Crippen LogP contribution in [0, 0.1) is 5.92 Å². The Morgan fingerprint density at radius 3 is 2.52 bits per heavy atom.